The average molecular weight is 438 g/mol. The molecule has 0 saturated heterocycles. The van der Waals surface area contributed by atoms with Gasteiger partial charge < -0.3 is 5.73 Å². The molecule has 0 unspecified atom stereocenters. The van der Waals surface area contributed by atoms with Gasteiger partial charge in [-0.2, -0.15) is 0 Å². The highest BCUT2D eigenvalue weighted by Gasteiger charge is 2.19. The van der Waals surface area contributed by atoms with Gasteiger partial charge in [-0.25, -0.2) is 17.5 Å². The molecule has 0 bridgehead atoms. The van der Waals surface area contributed by atoms with Crippen LogP contribution in [0, 0.1) is 5.82 Å². The zero-order chi connectivity index (χ0) is 15.6. The van der Waals surface area contributed by atoms with Crippen LogP contribution in [0.2, 0.25) is 0 Å². The maximum Gasteiger partial charge on any atom is 0.242 e. The Hall–Kier alpha value is -0.960. The Kier molecular flexibility index (Phi) is 5.03. The molecule has 2 rings (SSSR count). The molecule has 0 radical (unpaired) electrons. The number of halogens is 3. The molecule has 4 nitrogen and oxygen atoms in total. The first-order valence-corrected chi connectivity index (χ1v) is 8.85. The largest absolute Gasteiger partial charge is 0.396 e. The minimum Gasteiger partial charge on any atom is -0.396 e. The van der Waals surface area contributed by atoms with Crippen molar-refractivity contribution in [2.24, 2.45) is 0 Å². The number of nitrogens with two attached hydrogens (primary N) is 1. The summed E-state index contributed by atoms with van der Waals surface area (Å²) in [6.07, 6.45) is 0. The van der Waals surface area contributed by atoms with Crippen molar-refractivity contribution in [3.63, 3.8) is 0 Å². The lowest BCUT2D eigenvalue weighted by atomic mass is 10.2. The first-order valence-electron chi connectivity index (χ1n) is 5.78. The van der Waals surface area contributed by atoms with Crippen LogP contribution in [0.4, 0.5) is 10.1 Å². The van der Waals surface area contributed by atoms with Crippen LogP contribution in [0.25, 0.3) is 0 Å². The molecule has 0 aromatic heterocycles. The van der Waals surface area contributed by atoms with E-state index in [4.69, 9.17) is 5.73 Å². The van der Waals surface area contributed by atoms with Crippen LogP contribution in [0.5, 0.6) is 0 Å². The predicted octanol–water partition coefficient (Wildman–Crippen LogP) is 3.41. The molecule has 8 heteroatoms. The fourth-order valence-electron chi connectivity index (χ4n) is 1.65. The van der Waals surface area contributed by atoms with E-state index in [9.17, 15) is 12.8 Å². The van der Waals surface area contributed by atoms with Gasteiger partial charge in [-0.05, 0) is 45.8 Å². The summed E-state index contributed by atoms with van der Waals surface area (Å²) in [5, 5.41) is 0. The summed E-state index contributed by atoms with van der Waals surface area (Å²) >= 11 is 6.35. The molecule has 0 aliphatic carbocycles. The van der Waals surface area contributed by atoms with Gasteiger partial charge in [0, 0.05) is 15.5 Å². The van der Waals surface area contributed by atoms with Gasteiger partial charge >= 0.3 is 0 Å². The van der Waals surface area contributed by atoms with Crippen molar-refractivity contribution in [1.82, 2.24) is 4.72 Å². The van der Waals surface area contributed by atoms with Gasteiger partial charge in [0.15, 0.2) is 0 Å². The molecule has 2 aromatic carbocycles. The third kappa shape index (κ3) is 4.03. The van der Waals surface area contributed by atoms with E-state index in [2.05, 4.69) is 36.6 Å². The molecule has 2 aromatic rings. The number of anilines is 1. The monoisotopic (exact) mass is 436 g/mol. The number of hydrogen-bond donors (Lipinski definition) is 2. The zero-order valence-electron chi connectivity index (χ0n) is 10.6. The molecule has 0 heterocycles. The Morgan fingerprint density at radius 3 is 2.57 bits per heavy atom. The fourth-order valence-corrected chi connectivity index (χ4v) is 4.17. The quantitative estimate of drug-likeness (QED) is 0.720. The van der Waals surface area contributed by atoms with Crippen molar-refractivity contribution in [3.05, 3.63) is 56.7 Å². The maximum absolute atomic E-state index is 13.3. The highest BCUT2D eigenvalue weighted by molar-refractivity contribution is 9.10. The van der Waals surface area contributed by atoms with Gasteiger partial charge in [0.2, 0.25) is 10.0 Å². The van der Waals surface area contributed by atoms with Gasteiger partial charge in [0.25, 0.3) is 0 Å². The smallest absolute Gasteiger partial charge is 0.242 e. The maximum atomic E-state index is 13.3. The Bertz CT molecular complexity index is 782. The van der Waals surface area contributed by atoms with Crippen molar-refractivity contribution in [2.45, 2.75) is 11.4 Å². The number of benzene rings is 2. The summed E-state index contributed by atoms with van der Waals surface area (Å²) in [4.78, 5) is -0.101. The zero-order valence-corrected chi connectivity index (χ0v) is 14.6. The van der Waals surface area contributed by atoms with Crippen LogP contribution in [-0.2, 0) is 16.6 Å². The molecule has 21 heavy (non-hydrogen) atoms. The summed E-state index contributed by atoms with van der Waals surface area (Å²) in [5.74, 6) is -0.673. The predicted molar refractivity (Wildman–Crippen MR) is 86.7 cm³/mol. The van der Waals surface area contributed by atoms with E-state index in [0.717, 1.165) is 22.2 Å². The van der Waals surface area contributed by atoms with Crippen LogP contribution >= 0.6 is 31.9 Å². The lowest BCUT2D eigenvalue weighted by Crippen LogP contribution is -2.24. The normalized spacial score (nSPS) is 11.6. The Balaban J connectivity index is 2.25. The van der Waals surface area contributed by atoms with Gasteiger partial charge in [0.1, 0.15) is 5.82 Å². The SMILES string of the molecule is Nc1cc(S(=O)(=O)NCc2cccc(Br)c2)c(Br)cc1F. The number of sulfonamides is 1. The molecular weight excluding hydrogens is 427 g/mol. The van der Waals surface area contributed by atoms with Gasteiger partial charge in [-0.15, -0.1) is 0 Å². The fraction of sp³-hybridized carbons (Fsp3) is 0.0769. The van der Waals surface area contributed by atoms with E-state index >= 15 is 0 Å². The third-order valence-electron chi connectivity index (χ3n) is 2.70. The Labute approximate surface area is 138 Å². The molecule has 0 aliphatic rings. The lowest BCUT2D eigenvalue weighted by Gasteiger charge is -2.10. The number of rotatable bonds is 4. The van der Waals surface area contributed by atoms with Crippen LogP contribution in [0.15, 0.2) is 50.2 Å². The molecule has 3 N–H and O–H groups in total. The molecule has 0 saturated carbocycles. The highest BCUT2D eigenvalue weighted by atomic mass is 79.9. The van der Waals surface area contributed by atoms with E-state index in [0.29, 0.717) is 0 Å². The molecule has 0 aliphatic heterocycles. The van der Waals surface area contributed by atoms with Crippen LogP contribution in [0.3, 0.4) is 0 Å². The summed E-state index contributed by atoms with van der Waals surface area (Å²) in [6, 6.07) is 9.36. The Morgan fingerprint density at radius 2 is 1.90 bits per heavy atom. The second kappa shape index (κ2) is 6.43. The summed E-state index contributed by atoms with van der Waals surface area (Å²) in [6.45, 7) is 0.117. The van der Waals surface area contributed by atoms with Crippen molar-refractivity contribution < 1.29 is 12.8 Å². The van der Waals surface area contributed by atoms with E-state index in [1.54, 1.807) is 18.2 Å². The summed E-state index contributed by atoms with van der Waals surface area (Å²) < 4.78 is 41.2. The lowest BCUT2D eigenvalue weighted by molar-refractivity contribution is 0.580. The highest BCUT2D eigenvalue weighted by Crippen LogP contribution is 2.26. The second-order valence-electron chi connectivity index (χ2n) is 4.26. The first kappa shape index (κ1) is 16.4. The van der Waals surface area contributed by atoms with Crippen molar-refractivity contribution in [2.75, 3.05) is 5.73 Å². The molecule has 0 fully saturated rings. The van der Waals surface area contributed by atoms with Crippen molar-refractivity contribution in [1.29, 1.82) is 0 Å². The second-order valence-corrected chi connectivity index (χ2v) is 7.76. The minimum atomic E-state index is -3.80. The molecule has 0 amide bonds. The van der Waals surface area contributed by atoms with Gasteiger partial charge in [0.05, 0.1) is 10.6 Å². The number of nitrogens with one attached hydrogen (secondary N) is 1. The van der Waals surface area contributed by atoms with Crippen molar-refractivity contribution >= 4 is 47.6 Å². The first-order chi connectivity index (χ1) is 9.79. The molecule has 0 spiro atoms. The van der Waals surface area contributed by atoms with Gasteiger partial charge in [-0.1, -0.05) is 28.1 Å². The van der Waals surface area contributed by atoms with E-state index < -0.39 is 15.8 Å². The van der Waals surface area contributed by atoms with Crippen LogP contribution in [0.1, 0.15) is 5.56 Å². The topological polar surface area (TPSA) is 72.2 Å². The summed E-state index contributed by atoms with van der Waals surface area (Å²) in [7, 11) is -3.80. The van der Waals surface area contributed by atoms with E-state index in [-0.39, 0.29) is 21.6 Å². The van der Waals surface area contributed by atoms with Gasteiger partial charge in [-0.3, -0.25) is 0 Å². The molecule has 112 valence electrons. The van der Waals surface area contributed by atoms with E-state index in [1.807, 2.05) is 6.07 Å². The van der Waals surface area contributed by atoms with Crippen molar-refractivity contribution in [3.8, 4) is 0 Å². The number of nitrogen functional groups attached to an aromatic ring is 1. The van der Waals surface area contributed by atoms with E-state index in [1.165, 1.54) is 0 Å². The molecular formula is C13H11Br2FN2O2S. The van der Waals surface area contributed by atoms with Crippen LogP contribution in [-0.4, -0.2) is 8.42 Å². The third-order valence-corrected chi connectivity index (χ3v) is 5.55. The molecule has 0 atom stereocenters. The number of hydrogen-bond acceptors (Lipinski definition) is 3. The minimum absolute atomic E-state index is 0.101. The summed E-state index contributed by atoms with van der Waals surface area (Å²) in [5.41, 5.74) is 5.99. The average Bonchev–Trinajstić information content (AvgIpc) is 2.41. The standard InChI is InChI=1S/C13H11Br2FN2O2S/c14-9-3-1-2-8(4-9)7-18-21(19,20)13-6-12(17)11(16)5-10(13)15/h1-6,18H,7,17H2. The van der Waals surface area contributed by atoms with Crippen LogP contribution < -0.4 is 10.5 Å². The Morgan fingerprint density at radius 1 is 1.19 bits per heavy atom.